The summed E-state index contributed by atoms with van der Waals surface area (Å²) in [5, 5.41) is 0. The number of nitrogens with zero attached hydrogens (tertiary/aromatic N) is 1. The lowest BCUT2D eigenvalue weighted by Gasteiger charge is -2.26. The zero-order valence-electron chi connectivity index (χ0n) is 15.1. The molecule has 24 heavy (non-hydrogen) atoms. The molecular formula is C20H29NO3. The first kappa shape index (κ1) is 18.5. The molecule has 4 nitrogen and oxygen atoms in total. The molecule has 132 valence electrons. The maximum atomic E-state index is 12.2. The summed E-state index contributed by atoms with van der Waals surface area (Å²) in [5.41, 5.74) is 1.87. The van der Waals surface area contributed by atoms with Gasteiger partial charge in [0.05, 0.1) is 13.2 Å². The van der Waals surface area contributed by atoms with Crippen molar-refractivity contribution in [2.24, 2.45) is 0 Å². The number of ketones is 1. The van der Waals surface area contributed by atoms with Crippen LogP contribution >= 0.6 is 0 Å². The number of benzene rings is 1. The molecule has 0 saturated carbocycles. The van der Waals surface area contributed by atoms with Gasteiger partial charge in [-0.3, -0.25) is 9.69 Å². The molecule has 1 aromatic carbocycles. The minimum atomic E-state index is 0.251. The summed E-state index contributed by atoms with van der Waals surface area (Å²) in [7, 11) is 0. The number of carbonyl (C=O) groups excluding carboxylic acids is 1. The van der Waals surface area contributed by atoms with Crippen molar-refractivity contribution in [3.05, 3.63) is 29.3 Å². The molecule has 0 radical (unpaired) electrons. The number of hydrogen-bond acceptors (Lipinski definition) is 4. The van der Waals surface area contributed by atoms with Crippen molar-refractivity contribution in [1.82, 2.24) is 4.90 Å². The monoisotopic (exact) mass is 331 g/mol. The van der Waals surface area contributed by atoms with Gasteiger partial charge in [-0.05, 0) is 43.7 Å². The fraction of sp³-hybridized carbons (Fsp3) is 0.550. The van der Waals surface area contributed by atoms with Crippen molar-refractivity contribution in [1.29, 1.82) is 0 Å². The Hall–Kier alpha value is -1.81. The average molecular weight is 331 g/mol. The second-order valence-corrected chi connectivity index (χ2v) is 6.05. The minimum Gasteiger partial charge on any atom is -0.490 e. The van der Waals surface area contributed by atoms with E-state index in [2.05, 4.69) is 18.7 Å². The molecule has 0 unspecified atom stereocenters. The Morgan fingerprint density at radius 1 is 1.17 bits per heavy atom. The highest BCUT2D eigenvalue weighted by atomic mass is 16.5. The van der Waals surface area contributed by atoms with E-state index in [-0.39, 0.29) is 5.78 Å². The predicted octanol–water partition coefficient (Wildman–Crippen LogP) is 3.94. The number of carbonyl (C=O) groups is 1. The largest absolute Gasteiger partial charge is 0.490 e. The van der Waals surface area contributed by atoms with Gasteiger partial charge in [-0.15, -0.1) is 0 Å². The van der Waals surface area contributed by atoms with Gasteiger partial charge in [0.25, 0.3) is 0 Å². The van der Waals surface area contributed by atoms with E-state index >= 15 is 0 Å². The molecule has 1 aliphatic rings. The van der Waals surface area contributed by atoms with E-state index in [1.54, 1.807) is 0 Å². The van der Waals surface area contributed by atoms with E-state index in [9.17, 15) is 4.79 Å². The molecule has 0 atom stereocenters. The van der Waals surface area contributed by atoms with Gasteiger partial charge >= 0.3 is 0 Å². The molecule has 0 aromatic heterocycles. The number of piperidine rings is 1. The fourth-order valence-electron chi connectivity index (χ4n) is 2.75. The predicted molar refractivity (Wildman–Crippen MR) is 97.7 cm³/mol. The second-order valence-electron chi connectivity index (χ2n) is 6.05. The van der Waals surface area contributed by atoms with Crippen LogP contribution in [0.1, 0.15) is 45.6 Å². The molecule has 0 spiro atoms. The topological polar surface area (TPSA) is 38.8 Å². The van der Waals surface area contributed by atoms with Crippen LogP contribution < -0.4 is 9.47 Å². The zero-order valence-corrected chi connectivity index (χ0v) is 15.1. The maximum Gasteiger partial charge on any atom is 0.161 e. The van der Waals surface area contributed by atoms with Gasteiger partial charge in [0.2, 0.25) is 0 Å². The summed E-state index contributed by atoms with van der Waals surface area (Å²) in [6.45, 7) is 10.1. The fourth-order valence-corrected chi connectivity index (χ4v) is 2.75. The molecule has 4 heteroatoms. The lowest BCUT2D eigenvalue weighted by molar-refractivity contribution is -0.117. The first-order valence-corrected chi connectivity index (χ1v) is 9.03. The highest BCUT2D eigenvalue weighted by Gasteiger charge is 2.20. The van der Waals surface area contributed by atoms with Crippen LogP contribution in [0.15, 0.2) is 23.8 Å². The number of hydrogen-bond donors (Lipinski definition) is 0. The summed E-state index contributed by atoms with van der Waals surface area (Å²) in [6, 6.07) is 5.91. The van der Waals surface area contributed by atoms with Crippen LogP contribution in [0.2, 0.25) is 0 Å². The Balaban J connectivity index is 2.18. The van der Waals surface area contributed by atoms with Gasteiger partial charge in [-0.2, -0.15) is 0 Å². The number of likely N-dealkylation sites (tertiary alicyclic amines) is 1. The second kappa shape index (κ2) is 9.48. The molecule has 1 heterocycles. The van der Waals surface area contributed by atoms with E-state index in [1.165, 1.54) is 0 Å². The minimum absolute atomic E-state index is 0.251. The molecule has 0 bridgehead atoms. The molecular weight excluding hydrogens is 302 g/mol. The van der Waals surface area contributed by atoms with Crippen molar-refractivity contribution < 1.29 is 14.3 Å². The lowest BCUT2D eigenvalue weighted by Crippen LogP contribution is -2.35. The third-order valence-electron chi connectivity index (χ3n) is 4.22. The molecule has 0 amide bonds. The van der Waals surface area contributed by atoms with E-state index in [4.69, 9.17) is 9.47 Å². The lowest BCUT2D eigenvalue weighted by atomic mass is 10.0. The van der Waals surface area contributed by atoms with Crippen LogP contribution in [-0.4, -0.2) is 43.5 Å². The molecule has 0 N–H and O–H groups in total. The van der Waals surface area contributed by atoms with Crippen LogP contribution in [-0.2, 0) is 4.79 Å². The molecule has 1 saturated heterocycles. The molecule has 1 fully saturated rings. The van der Waals surface area contributed by atoms with Crippen molar-refractivity contribution >= 4 is 11.9 Å². The average Bonchev–Trinajstić information content (AvgIpc) is 2.59. The van der Waals surface area contributed by atoms with Gasteiger partial charge in [-0.1, -0.05) is 26.3 Å². The van der Waals surface area contributed by atoms with E-state index < -0.39 is 0 Å². The van der Waals surface area contributed by atoms with Gasteiger partial charge in [0.15, 0.2) is 17.3 Å². The number of likely N-dealkylation sites (N-methyl/N-ethyl adjacent to an activating group) is 1. The molecule has 1 aliphatic heterocycles. The molecule has 0 aliphatic carbocycles. The summed E-state index contributed by atoms with van der Waals surface area (Å²) in [4.78, 5) is 14.5. The SMILES string of the molecule is CCCCOc1ccc(/C=C2\CN(CC)CCC2=O)cc1OCC. The van der Waals surface area contributed by atoms with Gasteiger partial charge in [0.1, 0.15) is 0 Å². The van der Waals surface area contributed by atoms with Crippen molar-refractivity contribution in [3.8, 4) is 11.5 Å². The van der Waals surface area contributed by atoms with Crippen LogP contribution in [0.4, 0.5) is 0 Å². The number of rotatable bonds is 8. The Morgan fingerprint density at radius 2 is 2.00 bits per heavy atom. The number of unbranched alkanes of at least 4 members (excludes halogenated alkanes) is 1. The van der Waals surface area contributed by atoms with E-state index in [0.29, 0.717) is 19.6 Å². The van der Waals surface area contributed by atoms with Crippen LogP contribution in [0.3, 0.4) is 0 Å². The van der Waals surface area contributed by atoms with Gasteiger partial charge < -0.3 is 9.47 Å². The third-order valence-corrected chi connectivity index (χ3v) is 4.22. The normalized spacial score (nSPS) is 17.3. The van der Waals surface area contributed by atoms with Crippen molar-refractivity contribution in [3.63, 3.8) is 0 Å². The Labute approximate surface area is 145 Å². The van der Waals surface area contributed by atoms with Crippen molar-refractivity contribution in [2.45, 2.75) is 40.0 Å². The van der Waals surface area contributed by atoms with Crippen molar-refractivity contribution in [2.75, 3.05) is 32.8 Å². The first-order chi connectivity index (χ1) is 11.7. The Kier molecular flexibility index (Phi) is 7.32. The first-order valence-electron chi connectivity index (χ1n) is 9.03. The third kappa shape index (κ3) is 5.10. The number of ether oxygens (including phenoxy) is 2. The Morgan fingerprint density at radius 3 is 2.71 bits per heavy atom. The molecule has 2 rings (SSSR count). The summed E-state index contributed by atoms with van der Waals surface area (Å²) in [6.07, 6.45) is 4.72. The maximum absolute atomic E-state index is 12.2. The molecule has 1 aromatic rings. The highest BCUT2D eigenvalue weighted by Crippen LogP contribution is 2.30. The highest BCUT2D eigenvalue weighted by molar-refractivity contribution is 6.00. The van der Waals surface area contributed by atoms with Gasteiger partial charge in [0, 0.05) is 25.1 Å². The summed E-state index contributed by atoms with van der Waals surface area (Å²) < 4.78 is 11.5. The van der Waals surface area contributed by atoms with Crippen LogP contribution in [0.25, 0.3) is 6.08 Å². The number of Topliss-reactive ketones (excluding diaryl/α,β-unsaturated/α-hetero) is 1. The Bertz CT molecular complexity index is 580. The van der Waals surface area contributed by atoms with Crippen LogP contribution in [0, 0.1) is 0 Å². The standard InChI is InChI=1S/C20H29NO3/c1-4-7-12-24-19-9-8-16(14-20(19)23-6-3)13-17-15-21(5-2)11-10-18(17)22/h8-9,13-14H,4-7,10-12,15H2,1-3H3/b17-13+. The van der Waals surface area contributed by atoms with E-state index in [1.807, 2.05) is 31.2 Å². The zero-order chi connectivity index (χ0) is 17.4. The van der Waals surface area contributed by atoms with E-state index in [0.717, 1.165) is 55.1 Å². The smallest absolute Gasteiger partial charge is 0.161 e. The van der Waals surface area contributed by atoms with Gasteiger partial charge in [-0.25, -0.2) is 0 Å². The van der Waals surface area contributed by atoms with Crippen LogP contribution in [0.5, 0.6) is 11.5 Å². The quantitative estimate of drug-likeness (QED) is 0.534. The summed E-state index contributed by atoms with van der Waals surface area (Å²) in [5.74, 6) is 1.78. The summed E-state index contributed by atoms with van der Waals surface area (Å²) >= 11 is 0.